The topological polar surface area (TPSA) is 74.9 Å². The number of imidazole rings is 1. The molecule has 1 aromatic heterocycles. The van der Waals surface area contributed by atoms with Gasteiger partial charge in [-0.2, -0.15) is 0 Å². The number of phenols is 1. The molecule has 6 heteroatoms. The second kappa shape index (κ2) is 3.94. The van der Waals surface area contributed by atoms with E-state index in [2.05, 4.69) is 9.97 Å². The van der Waals surface area contributed by atoms with Crippen LogP contribution >= 0.6 is 0 Å². The number of anilines is 1. The van der Waals surface area contributed by atoms with Crippen molar-refractivity contribution in [2.75, 3.05) is 5.73 Å². The fraction of sp³-hybridized carbons (Fsp3) is 0. The second-order valence-electron chi connectivity index (χ2n) is 4.09. The summed E-state index contributed by atoms with van der Waals surface area (Å²) >= 11 is 0. The van der Waals surface area contributed by atoms with E-state index in [-0.39, 0.29) is 22.8 Å². The first kappa shape index (κ1) is 11.5. The molecule has 0 saturated carbocycles. The molecule has 4 N–H and O–H groups in total. The Morgan fingerprint density at radius 2 is 1.95 bits per heavy atom. The standard InChI is InChI=1S/C13H9F2N3O/c14-7-4-5-9-11(10(7)15)18-13(17-9)6-2-1-3-8(16)12(6)19/h1-5,19H,16H2,(H,17,18). The third-order valence-corrected chi connectivity index (χ3v) is 2.87. The Labute approximate surface area is 106 Å². The van der Waals surface area contributed by atoms with Crippen LogP contribution < -0.4 is 5.73 Å². The van der Waals surface area contributed by atoms with Crippen molar-refractivity contribution in [2.24, 2.45) is 0 Å². The molecule has 1 heterocycles. The predicted octanol–water partition coefficient (Wildman–Crippen LogP) is 2.80. The lowest BCUT2D eigenvalue weighted by Crippen LogP contribution is -1.88. The van der Waals surface area contributed by atoms with Crippen molar-refractivity contribution in [3.05, 3.63) is 42.0 Å². The van der Waals surface area contributed by atoms with Crippen LogP contribution in [0.1, 0.15) is 0 Å². The van der Waals surface area contributed by atoms with Gasteiger partial charge in [0.1, 0.15) is 17.1 Å². The zero-order valence-electron chi connectivity index (χ0n) is 9.61. The number of benzene rings is 2. The molecule has 0 amide bonds. The molecule has 3 aromatic rings. The molecule has 0 atom stereocenters. The summed E-state index contributed by atoms with van der Waals surface area (Å²) in [7, 11) is 0. The number of hydrogen-bond acceptors (Lipinski definition) is 3. The zero-order valence-corrected chi connectivity index (χ0v) is 9.61. The van der Waals surface area contributed by atoms with Crippen LogP contribution in [-0.4, -0.2) is 15.1 Å². The van der Waals surface area contributed by atoms with Gasteiger partial charge in [0.05, 0.1) is 16.8 Å². The first-order chi connectivity index (χ1) is 9.08. The summed E-state index contributed by atoms with van der Waals surface area (Å²) in [5.41, 5.74) is 6.32. The Kier molecular flexibility index (Phi) is 2.38. The number of aromatic hydroxyl groups is 1. The van der Waals surface area contributed by atoms with Crippen molar-refractivity contribution in [3.63, 3.8) is 0 Å². The molecule has 0 saturated heterocycles. The Morgan fingerprint density at radius 1 is 1.16 bits per heavy atom. The number of nitrogens with two attached hydrogens (primary N) is 1. The summed E-state index contributed by atoms with van der Waals surface area (Å²) < 4.78 is 26.7. The molecule has 19 heavy (non-hydrogen) atoms. The molecule has 0 radical (unpaired) electrons. The van der Waals surface area contributed by atoms with Crippen LogP contribution in [0.25, 0.3) is 22.4 Å². The smallest absolute Gasteiger partial charge is 0.186 e. The number of nitrogen functional groups attached to an aromatic ring is 1. The van der Waals surface area contributed by atoms with E-state index in [1.54, 1.807) is 12.1 Å². The lowest BCUT2D eigenvalue weighted by Gasteiger charge is -2.03. The molecule has 3 rings (SSSR count). The zero-order chi connectivity index (χ0) is 13.6. The highest BCUT2D eigenvalue weighted by atomic mass is 19.2. The van der Waals surface area contributed by atoms with Crippen LogP contribution in [0.2, 0.25) is 0 Å². The van der Waals surface area contributed by atoms with Crippen molar-refractivity contribution in [3.8, 4) is 17.1 Å². The second-order valence-corrected chi connectivity index (χ2v) is 4.09. The van der Waals surface area contributed by atoms with Gasteiger partial charge in [0, 0.05) is 0 Å². The van der Waals surface area contributed by atoms with Crippen LogP contribution in [0.5, 0.6) is 5.75 Å². The number of nitrogens with zero attached hydrogens (tertiary/aromatic N) is 1. The molecule has 0 fully saturated rings. The van der Waals surface area contributed by atoms with Gasteiger partial charge in [-0.3, -0.25) is 0 Å². The van der Waals surface area contributed by atoms with E-state index in [4.69, 9.17) is 5.73 Å². The summed E-state index contributed by atoms with van der Waals surface area (Å²) in [5.74, 6) is -1.92. The monoisotopic (exact) mass is 261 g/mol. The SMILES string of the molecule is Nc1cccc(-c2nc3c(F)c(F)ccc3[nH]2)c1O. The number of phenolic OH excluding ortho intramolecular Hbond substituents is 1. The molecule has 96 valence electrons. The van der Waals surface area contributed by atoms with Gasteiger partial charge in [0.2, 0.25) is 0 Å². The average Bonchev–Trinajstić information content (AvgIpc) is 2.82. The summed E-state index contributed by atoms with van der Waals surface area (Å²) in [6.45, 7) is 0. The maximum atomic E-state index is 13.6. The van der Waals surface area contributed by atoms with Crippen molar-refractivity contribution in [1.29, 1.82) is 0 Å². The van der Waals surface area contributed by atoms with E-state index < -0.39 is 11.6 Å². The number of nitrogens with one attached hydrogen (secondary N) is 1. The van der Waals surface area contributed by atoms with E-state index in [0.29, 0.717) is 11.1 Å². The predicted molar refractivity (Wildman–Crippen MR) is 67.5 cm³/mol. The molecule has 0 unspecified atom stereocenters. The molecule has 4 nitrogen and oxygen atoms in total. The maximum absolute atomic E-state index is 13.6. The number of halogens is 2. The van der Waals surface area contributed by atoms with Crippen molar-refractivity contribution in [2.45, 2.75) is 0 Å². The number of aromatic nitrogens is 2. The quantitative estimate of drug-likeness (QED) is 0.465. The normalized spacial score (nSPS) is 11.1. The highest BCUT2D eigenvalue weighted by Crippen LogP contribution is 2.33. The van der Waals surface area contributed by atoms with Crippen LogP contribution in [-0.2, 0) is 0 Å². The minimum absolute atomic E-state index is 0.114. The third kappa shape index (κ3) is 1.69. The summed E-state index contributed by atoms with van der Waals surface area (Å²) in [4.78, 5) is 6.77. The fourth-order valence-corrected chi connectivity index (χ4v) is 1.90. The van der Waals surface area contributed by atoms with Gasteiger partial charge in [-0.15, -0.1) is 0 Å². The van der Waals surface area contributed by atoms with E-state index in [1.807, 2.05) is 0 Å². The lowest BCUT2D eigenvalue weighted by molar-refractivity contribution is 0.479. The Balaban J connectivity index is 2.27. The largest absolute Gasteiger partial charge is 0.505 e. The number of H-pyrrole nitrogens is 1. The first-order valence-corrected chi connectivity index (χ1v) is 5.49. The van der Waals surface area contributed by atoms with E-state index >= 15 is 0 Å². The summed E-state index contributed by atoms with van der Waals surface area (Å²) in [6.07, 6.45) is 0. The molecule has 2 aromatic carbocycles. The van der Waals surface area contributed by atoms with E-state index in [1.165, 1.54) is 12.1 Å². The summed E-state index contributed by atoms with van der Waals surface area (Å²) in [5, 5.41) is 9.85. The molecule has 0 aliphatic heterocycles. The Morgan fingerprint density at radius 3 is 2.74 bits per heavy atom. The minimum atomic E-state index is -1.02. The first-order valence-electron chi connectivity index (χ1n) is 5.49. The average molecular weight is 261 g/mol. The van der Waals surface area contributed by atoms with Crippen LogP contribution in [0.4, 0.5) is 14.5 Å². The van der Waals surface area contributed by atoms with E-state index in [9.17, 15) is 13.9 Å². The molecule has 0 bridgehead atoms. The van der Waals surface area contributed by atoms with E-state index in [0.717, 1.165) is 6.07 Å². The van der Waals surface area contributed by atoms with Gasteiger partial charge in [-0.05, 0) is 24.3 Å². The van der Waals surface area contributed by atoms with Crippen molar-refractivity contribution in [1.82, 2.24) is 9.97 Å². The van der Waals surface area contributed by atoms with Crippen LogP contribution in [0, 0.1) is 11.6 Å². The Bertz CT molecular complexity index is 783. The summed E-state index contributed by atoms with van der Waals surface area (Å²) in [6, 6.07) is 7.14. The van der Waals surface area contributed by atoms with Gasteiger partial charge >= 0.3 is 0 Å². The number of fused-ring (bicyclic) bond motifs is 1. The van der Waals surface area contributed by atoms with Gasteiger partial charge in [0.15, 0.2) is 11.6 Å². The number of aromatic amines is 1. The maximum Gasteiger partial charge on any atom is 0.186 e. The fourth-order valence-electron chi connectivity index (χ4n) is 1.90. The molecule has 0 spiro atoms. The van der Waals surface area contributed by atoms with Gasteiger partial charge in [0.25, 0.3) is 0 Å². The number of hydrogen-bond donors (Lipinski definition) is 3. The Hall–Kier alpha value is -2.63. The number of rotatable bonds is 1. The minimum Gasteiger partial charge on any atom is -0.505 e. The highest BCUT2D eigenvalue weighted by Gasteiger charge is 2.15. The van der Waals surface area contributed by atoms with Crippen molar-refractivity contribution < 1.29 is 13.9 Å². The molecule has 0 aliphatic rings. The molecular formula is C13H9F2N3O. The van der Waals surface area contributed by atoms with Gasteiger partial charge in [-0.25, -0.2) is 13.8 Å². The van der Waals surface area contributed by atoms with Crippen LogP contribution in [0.15, 0.2) is 30.3 Å². The molecule has 0 aliphatic carbocycles. The van der Waals surface area contributed by atoms with Gasteiger partial charge in [-0.1, -0.05) is 6.07 Å². The molecular weight excluding hydrogens is 252 g/mol. The van der Waals surface area contributed by atoms with Crippen LogP contribution in [0.3, 0.4) is 0 Å². The highest BCUT2D eigenvalue weighted by molar-refractivity contribution is 5.82. The van der Waals surface area contributed by atoms with Gasteiger partial charge < -0.3 is 15.8 Å². The third-order valence-electron chi connectivity index (χ3n) is 2.87. The van der Waals surface area contributed by atoms with Crippen molar-refractivity contribution >= 4 is 16.7 Å². The number of para-hydroxylation sites is 1. The lowest BCUT2D eigenvalue weighted by atomic mass is 10.1.